The molecule has 1 aromatic rings. The van der Waals surface area contributed by atoms with Gasteiger partial charge in [0.2, 0.25) is 5.41 Å². The first-order chi connectivity index (χ1) is 8.31. The number of alkyl halides is 3. The van der Waals surface area contributed by atoms with Crippen molar-refractivity contribution < 1.29 is 27.8 Å². The molecular weight excluding hydrogens is 251 g/mol. The summed E-state index contributed by atoms with van der Waals surface area (Å²) < 4.78 is 44.1. The largest absolute Gasteiger partial charge is 0.496 e. The Labute approximate surface area is 101 Å². The van der Waals surface area contributed by atoms with E-state index in [0.29, 0.717) is 0 Å². The standard InChI is InChI=1S/C11H12F3NO3/c1-18-8-5-3-2-4-7(8)10(6-15,9(16)17)11(12,13)14/h2-5H,6,15H2,1H3,(H,16,17). The topological polar surface area (TPSA) is 72.5 Å². The Morgan fingerprint density at radius 3 is 2.33 bits per heavy atom. The highest BCUT2D eigenvalue weighted by Crippen LogP contribution is 2.44. The summed E-state index contributed by atoms with van der Waals surface area (Å²) in [5.41, 5.74) is 1.42. The first kappa shape index (κ1) is 14.3. The van der Waals surface area contributed by atoms with Crippen LogP contribution in [0, 0.1) is 0 Å². The Balaban J connectivity index is 3.58. The highest BCUT2D eigenvalue weighted by molar-refractivity contribution is 5.84. The molecule has 0 saturated carbocycles. The SMILES string of the molecule is COc1ccccc1C(CN)(C(=O)O)C(F)(F)F. The number of benzene rings is 1. The number of methoxy groups -OCH3 is 1. The van der Waals surface area contributed by atoms with Crippen LogP contribution in [0.15, 0.2) is 24.3 Å². The molecule has 1 rings (SSSR count). The molecule has 7 heteroatoms. The molecule has 0 fully saturated rings. The fourth-order valence-corrected chi connectivity index (χ4v) is 1.70. The van der Waals surface area contributed by atoms with Crippen LogP contribution >= 0.6 is 0 Å². The maximum absolute atomic E-state index is 13.1. The second-order valence-electron chi connectivity index (χ2n) is 3.61. The summed E-state index contributed by atoms with van der Waals surface area (Å²) in [6.07, 6.45) is -5.03. The molecule has 18 heavy (non-hydrogen) atoms. The van der Waals surface area contributed by atoms with E-state index in [2.05, 4.69) is 0 Å². The lowest BCUT2D eigenvalue weighted by Gasteiger charge is -2.31. The van der Waals surface area contributed by atoms with Gasteiger partial charge in [-0.15, -0.1) is 0 Å². The van der Waals surface area contributed by atoms with E-state index in [-0.39, 0.29) is 5.75 Å². The summed E-state index contributed by atoms with van der Waals surface area (Å²) >= 11 is 0. The molecule has 0 aliphatic heterocycles. The zero-order valence-corrected chi connectivity index (χ0v) is 9.49. The van der Waals surface area contributed by atoms with Gasteiger partial charge in [0, 0.05) is 12.1 Å². The Kier molecular flexibility index (Phi) is 3.85. The number of para-hydroxylation sites is 1. The molecule has 0 heterocycles. The maximum atomic E-state index is 13.1. The summed E-state index contributed by atoms with van der Waals surface area (Å²) in [6.45, 7) is -1.10. The van der Waals surface area contributed by atoms with Crippen molar-refractivity contribution in [2.75, 3.05) is 13.7 Å². The number of hydrogen-bond acceptors (Lipinski definition) is 3. The molecule has 0 aliphatic carbocycles. The average molecular weight is 263 g/mol. The fraction of sp³-hybridized carbons (Fsp3) is 0.364. The van der Waals surface area contributed by atoms with Crippen molar-refractivity contribution in [3.05, 3.63) is 29.8 Å². The first-order valence-corrected chi connectivity index (χ1v) is 4.95. The molecule has 1 atom stereocenters. The van der Waals surface area contributed by atoms with Crippen molar-refractivity contribution in [3.63, 3.8) is 0 Å². The number of rotatable bonds is 4. The lowest BCUT2D eigenvalue weighted by molar-refractivity contribution is -0.203. The molecule has 4 nitrogen and oxygen atoms in total. The van der Waals surface area contributed by atoms with Gasteiger partial charge in [0.25, 0.3) is 0 Å². The third-order valence-corrected chi connectivity index (χ3v) is 2.72. The minimum atomic E-state index is -5.03. The Bertz CT molecular complexity index is 447. The van der Waals surface area contributed by atoms with Crippen LogP contribution in [0.25, 0.3) is 0 Å². The molecule has 100 valence electrons. The zero-order valence-electron chi connectivity index (χ0n) is 9.49. The minimum absolute atomic E-state index is 0.164. The van der Waals surface area contributed by atoms with Gasteiger partial charge < -0.3 is 15.6 Å². The average Bonchev–Trinajstić information content (AvgIpc) is 2.29. The van der Waals surface area contributed by atoms with Crippen LogP contribution in [0.1, 0.15) is 5.56 Å². The first-order valence-electron chi connectivity index (χ1n) is 4.95. The summed E-state index contributed by atoms with van der Waals surface area (Å²) in [7, 11) is 1.17. The number of carbonyl (C=O) groups is 1. The van der Waals surface area contributed by atoms with E-state index in [0.717, 1.165) is 6.07 Å². The number of ether oxygens (including phenoxy) is 1. The smallest absolute Gasteiger partial charge is 0.410 e. The Morgan fingerprint density at radius 2 is 1.94 bits per heavy atom. The van der Waals surface area contributed by atoms with Gasteiger partial charge in [-0.2, -0.15) is 13.2 Å². The number of halogens is 3. The summed E-state index contributed by atoms with van der Waals surface area (Å²) in [4.78, 5) is 11.1. The van der Waals surface area contributed by atoms with Crippen LogP contribution in [0.2, 0.25) is 0 Å². The third-order valence-electron chi connectivity index (χ3n) is 2.72. The molecule has 0 spiro atoms. The van der Waals surface area contributed by atoms with Gasteiger partial charge >= 0.3 is 12.1 Å². The molecule has 0 saturated heterocycles. The van der Waals surface area contributed by atoms with Gasteiger partial charge in [0.1, 0.15) is 5.75 Å². The number of hydrogen-bond donors (Lipinski definition) is 2. The van der Waals surface area contributed by atoms with Crippen molar-refractivity contribution in [1.82, 2.24) is 0 Å². The molecular formula is C11H12F3NO3. The molecule has 0 amide bonds. The molecule has 1 aromatic carbocycles. The Hall–Kier alpha value is -1.76. The number of carboxylic acid groups (broad SMARTS) is 1. The number of nitrogens with two attached hydrogens (primary N) is 1. The third kappa shape index (κ3) is 2.01. The number of aliphatic carboxylic acids is 1. The van der Waals surface area contributed by atoms with Crippen molar-refractivity contribution in [2.45, 2.75) is 11.6 Å². The van der Waals surface area contributed by atoms with E-state index in [1.807, 2.05) is 0 Å². The van der Waals surface area contributed by atoms with Crippen LogP contribution in [0.4, 0.5) is 13.2 Å². The van der Waals surface area contributed by atoms with Crippen LogP contribution < -0.4 is 10.5 Å². The predicted octanol–water partition coefficient (Wildman–Crippen LogP) is 1.54. The highest BCUT2D eigenvalue weighted by Gasteiger charge is 2.62. The van der Waals surface area contributed by atoms with E-state index < -0.39 is 29.7 Å². The van der Waals surface area contributed by atoms with E-state index in [1.54, 1.807) is 0 Å². The van der Waals surface area contributed by atoms with Crippen LogP contribution in [-0.4, -0.2) is 30.9 Å². The van der Waals surface area contributed by atoms with Crippen LogP contribution in [-0.2, 0) is 10.2 Å². The van der Waals surface area contributed by atoms with Crippen molar-refractivity contribution in [2.24, 2.45) is 5.73 Å². The van der Waals surface area contributed by atoms with Crippen molar-refractivity contribution in [1.29, 1.82) is 0 Å². The lowest BCUT2D eigenvalue weighted by Crippen LogP contribution is -2.54. The second kappa shape index (κ2) is 4.85. The van der Waals surface area contributed by atoms with Gasteiger partial charge in [-0.05, 0) is 6.07 Å². The normalized spacial score (nSPS) is 14.9. The molecule has 0 bridgehead atoms. The molecule has 3 N–H and O–H groups in total. The zero-order chi connectivity index (χ0) is 14.0. The molecule has 0 aliphatic rings. The molecule has 0 aromatic heterocycles. The second-order valence-corrected chi connectivity index (χ2v) is 3.61. The van der Waals surface area contributed by atoms with Crippen molar-refractivity contribution in [3.8, 4) is 5.75 Å². The quantitative estimate of drug-likeness (QED) is 0.864. The molecule has 0 radical (unpaired) electrons. The van der Waals surface area contributed by atoms with E-state index >= 15 is 0 Å². The minimum Gasteiger partial charge on any atom is -0.496 e. The van der Waals surface area contributed by atoms with Crippen LogP contribution in [0.3, 0.4) is 0 Å². The van der Waals surface area contributed by atoms with E-state index in [1.165, 1.54) is 25.3 Å². The summed E-state index contributed by atoms with van der Waals surface area (Å²) in [6, 6.07) is 5.06. The maximum Gasteiger partial charge on any atom is 0.410 e. The lowest BCUT2D eigenvalue weighted by atomic mass is 9.79. The summed E-state index contributed by atoms with van der Waals surface area (Å²) in [5.74, 6) is -2.22. The van der Waals surface area contributed by atoms with Gasteiger partial charge in [-0.3, -0.25) is 4.79 Å². The van der Waals surface area contributed by atoms with Gasteiger partial charge in [0.15, 0.2) is 0 Å². The van der Waals surface area contributed by atoms with Crippen LogP contribution in [0.5, 0.6) is 5.75 Å². The highest BCUT2D eigenvalue weighted by atomic mass is 19.4. The molecule has 1 unspecified atom stereocenters. The summed E-state index contributed by atoms with van der Waals surface area (Å²) in [5, 5.41) is 8.98. The fourth-order valence-electron chi connectivity index (χ4n) is 1.70. The van der Waals surface area contributed by atoms with Gasteiger partial charge in [-0.25, -0.2) is 0 Å². The predicted molar refractivity (Wildman–Crippen MR) is 57.4 cm³/mol. The number of carboxylic acids is 1. The van der Waals surface area contributed by atoms with Crippen molar-refractivity contribution >= 4 is 5.97 Å². The Morgan fingerprint density at radius 1 is 1.39 bits per heavy atom. The van der Waals surface area contributed by atoms with E-state index in [9.17, 15) is 18.0 Å². The monoisotopic (exact) mass is 263 g/mol. The van der Waals surface area contributed by atoms with Gasteiger partial charge in [-0.1, -0.05) is 18.2 Å². The van der Waals surface area contributed by atoms with Gasteiger partial charge in [0.05, 0.1) is 7.11 Å². The van der Waals surface area contributed by atoms with E-state index in [4.69, 9.17) is 15.6 Å².